The predicted molar refractivity (Wildman–Crippen MR) is 120 cm³/mol. The first-order chi connectivity index (χ1) is 15.1. The summed E-state index contributed by atoms with van der Waals surface area (Å²) < 4.78 is 10.8. The number of anilines is 2. The average molecular weight is 437 g/mol. The minimum atomic E-state index is -1.05. The number of nitriles is 1. The van der Waals surface area contributed by atoms with E-state index < -0.39 is 29.6 Å². The standard InChI is InChI=1S/C24H27N3O5/c1-24(2,3)32-23(30)27-19-12-15(13-25)6-11-18(19)21(22(28)29)20(27)14-26(4)16-7-9-17(31-5)10-8-16/h6-12,20-21H,14H2,1-5H3,(H,28,29). The summed E-state index contributed by atoms with van der Waals surface area (Å²) in [5.41, 5.74) is 1.28. The third kappa shape index (κ3) is 4.62. The first kappa shape index (κ1) is 22.9. The molecule has 1 aliphatic rings. The molecule has 0 spiro atoms. The van der Waals surface area contributed by atoms with Crippen molar-refractivity contribution in [3.63, 3.8) is 0 Å². The fourth-order valence-electron chi connectivity index (χ4n) is 3.87. The van der Waals surface area contributed by atoms with Crippen LogP contribution in [0.1, 0.15) is 37.8 Å². The van der Waals surface area contributed by atoms with Gasteiger partial charge in [0, 0.05) is 19.3 Å². The first-order valence-corrected chi connectivity index (χ1v) is 10.2. The number of hydrogen-bond donors (Lipinski definition) is 1. The monoisotopic (exact) mass is 437 g/mol. The molecule has 0 fully saturated rings. The van der Waals surface area contributed by atoms with Crippen LogP contribution in [0.4, 0.5) is 16.2 Å². The molecule has 1 heterocycles. The van der Waals surface area contributed by atoms with E-state index in [4.69, 9.17) is 9.47 Å². The summed E-state index contributed by atoms with van der Waals surface area (Å²) in [6, 6.07) is 13.4. The van der Waals surface area contributed by atoms with E-state index in [1.165, 1.54) is 4.90 Å². The number of likely N-dealkylation sites (N-methyl/N-ethyl adjacent to an activating group) is 1. The van der Waals surface area contributed by atoms with Crippen molar-refractivity contribution < 1.29 is 24.2 Å². The van der Waals surface area contributed by atoms with Crippen molar-refractivity contribution in [1.82, 2.24) is 0 Å². The number of methoxy groups -OCH3 is 1. The molecule has 1 N–H and O–H groups in total. The summed E-state index contributed by atoms with van der Waals surface area (Å²) in [5.74, 6) is -1.31. The Hall–Kier alpha value is -3.73. The van der Waals surface area contributed by atoms with E-state index in [1.807, 2.05) is 36.2 Å². The molecule has 0 saturated heterocycles. The van der Waals surface area contributed by atoms with Crippen molar-refractivity contribution in [1.29, 1.82) is 5.26 Å². The van der Waals surface area contributed by atoms with Gasteiger partial charge in [0.25, 0.3) is 0 Å². The Balaban J connectivity index is 2.03. The SMILES string of the molecule is COc1ccc(N(C)CC2C(C(=O)O)c3ccc(C#N)cc3N2C(=O)OC(C)(C)C)cc1. The van der Waals surface area contributed by atoms with Gasteiger partial charge in [0.1, 0.15) is 17.3 Å². The highest BCUT2D eigenvalue weighted by molar-refractivity contribution is 5.97. The van der Waals surface area contributed by atoms with Gasteiger partial charge in [-0.1, -0.05) is 6.07 Å². The largest absolute Gasteiger partial charge is 0.497 e. The highest BCUT2D eigenvalue weighted by atomic mass is 16.6. The lowest BCUT2D eigenvalue weighted by atomic mass is 9.94. The van der Waals surface area contributed by atoms with Gasteiger partial charge in [-0.15, -0.1) is 0 Å². The molecular weight excluding hydrogens is 410 g/mol. The highest BCUT2D eigenvalue weighted by Crippen LogP contribution is 2.43. The van der Waals surface area contributed by atoms with Crippen LogP contribution in [0.25, 0.3) is 0 Å². The number of amides is 1. The zero-order valence-corrected chi connectivity index (χ0v) is 18.8. The van der Waals surface area contributed by atoms with Gasteiger partial charge >= 0.3 is 12.1 Å². The van der Waals surface area contributed by atoms with E-state index in [1.54, 1.807) is 46.1 Å². The Morgan fingerprint density at radius 2 is 1.84 bits per heavy atom. The second-order valence-corrected chi connectivity index (χ2v) is 8.70. The number of benzene rings is 2. The Kier molecular flexibility index (Phi) is 6.30. The summed E-state index contributed by atoms with van der Waals surface area (Å²) in [4.78, 5) is 28.8. The van der Waals surface area contributed by atoms with Crippen molar-refractivity contribution >= 4 is 23.4 Å². The lowest BCUT2D eigenvalue weighted by molar-refractivity contribution is -0.139. The second kappa shape index (κ2) is 8.79. The van der Waals surface area contributed by atoms with Crippen molar-refractivity contribution in [2.45, 2.75) is 38.3 Å². The molecule has 168 valence electrons. The lowest BCUT2D eigenvalue weighted by Crippen LogP contribution is -2.49. The van der Waals surface area contributed by atoms with E-state index in [9.17, 15) is 20.0 Å². The van der Waals surface area contributed by atoms with Crippen molar-refractivity contribution in [2.75, 3.05) is 30.5 Å². The summed E-state index contributed by atoms with van der Waals surface area (Å²) in [6.45, 7) is 5.49. The number of carboxylic acids is 1. The molecule has 2 unspecified atom stereocenters. The van der Waals surface area contributed by atoms with Crippen LogP contribution >= 0.6 is 0 Å². The van der Waals surface area contributed by atoms with Gasteiger partial charge in [0.15, 0.2) is 0 Å². The quantitative estimate of drug-likeness (QED) is 0.754. The van der Waals surface area contributed by atoms with Crippen LogP contribution < -0.4 is 14.5 Å². The summed E-state index contributed by atoms with van der Waals surface area (Å²) in [5, 5.41) is 19.4. The Morgan fingerprint density at radius 1 is 1.19 bits per heavy atom. The summed E-state index contributed by atoms with van der Waals surface area (Å²) >= 11 is 0. The molecule has 0 aromatic heterocycles. The molecule has 0 radical (unpaired) electrons. The van der Waals surface area contributed by atoms with Crippen LogP contribution in [0.3, 0.4) is 0 Å². The number of ether oxygens (including phenoxy) is 2. The van der Waals surface area contributed by atoms with Crippen LogP contribution in [0, 0.1) is 11.3 Å². The minimum Gasteiger partial charge on any atom is -0.497 e. The van der Waals surface area contributed by atoms with Gasteiger partial charge in [-0.2, -0.15) is 5.26 Å². The summed E-state index contributed by atoms with van der Waals surface area (Å²) in [6.07, 6.45) is -0.647. The number of nitrogens with zero attached hydrogens (tertiary/aromatic N) is 3. The van der Waals surface area contributed by atoms with Crippen molar-refractivity contribution in [2.24, 2.45) is 0 Å². The van der Waals surface area contributed by atoms with E-state index in [2.05, 4.69) is 6.07 Å². The molecule has 2 aromatic carbocycles. The Morgan fingerprint density at radius 3 is 2.38 bits per heavy atom. The van der Waals surface area contributed by atoms with E-state index >= 15 is 0 Å². The van der Waals surface area contributed by atoms with Gasteiger partial charge < -0.3 is 19.5 Å². The maximum Gasteiger partial charge on any atom is 0.415 e. The number of carbonyl (C=O) groups excluding carboxylic acids is 1. The highest BCUT2D eigenvalue weighted by Gasteiger charge is 2.47. The van der Waals surface area contributed by atoms with Crippen LogP contribution in [-0.4, -0.2) is 49.5 Å². The number of hydrogen-bond acceptors (Lipinski definition) is 6. The van der Waals surface area contributed by atoms with E-state index in [0.29, 0.717) is 22.6 Å². The fourth-order valence-corrected chi connectivity index (χ4v) is 3.87. The average Bonchev–Trinajstić information content (AvgIpc) is 3.05. The second-order valence-electron chi connectivity index (χ2n) is 8.70. The molecule has 1 aliphatic heterocycles. The molecule has 0 aliphatic carbocycles. The fraction of sp³-hybridized carbons (Fsp3) is 0.375. The lowest BCUT2D eigenvalue weighted by Gasteiger charge is -2.33. The first-order valence-electron chi connectivity index (χ1n) is 10.2. The third-order valence-corrected chi connectivity index (χ3v) is 5.30. The minimum absolute atomic E-state index is 0.235. The van der Waals surface area contributed by atoms with Crippen molar-refractivity contribution in [3.8, 4) is 11.8 Å². The Bertz CT molecular complexity index is 1050. The number of aliphatic carboxylic acids is 1. The molecule has 2 atom stereocenters. The predicted octanol–water partition coefficient (Wildman–Crippen LogP) is 4.00. The number of fused-ring (bicyclic) bond motifs is 1. The number of carboxylic acid groups (broad SMARTS) is 1. The van der Waals surface area contributed by atoms with Gasteiger partial charge in [-0.05, 0) is 62.7 Å². The molecule has 1 amide bonds. The van der Waals surface area contributed by atoms with Crippen LogP contribution in [0.2, 0.25) is 0 Å². The number of carbonyl (C=O) groups is 2. The smallest absolute Gasteiger partial charge is 0.415 e. The zero-order valence-electron chi connectivity index (χ0n) is 18.8. The maximum atomic E-state index is 13.2. The molecule has 8 nitrogen and oxygen atoms in total. The molecule has 3 rings (SSSR count). The molecule has 0 saturated carbocycles. The van der Waals surface area contributed by atoms with Crippen LogP contribution in [0.15, 0.2) is 42.5 Å². The number of rotatable bonds is 5. The molecule has 32 heavy (non-hydrogen) atoms. The zero-order chi connectivity index (χ0) is 23.6. The Labute approximate surface area is 187 Å². The van der Waals surface area contributed by atoms with Crippen LogP contribution in [0.5, 0.6) is 5.75 Å². The topological polar surface area (TPSA) is 103 Å². The molecule has 0 bridgehead atoms. The van der Waals surface area contributed by atoms with Gasteiger partial charge in [-0.25, -0.2) is 4.79 Å². The van der Waals surface area contributed by atoms with Crippen LogP contribution in [-0.2, 0) is 9.53 Å². The summed E-state index contributed by atoms with van der Waals surface area (Å²) in [7, 11) is 3.41. The van der Waals surface area contributed by atoms with Gasteiger partial charge in [0.2, 0.25) is 0 Å². The van der Waals surface area contributed by atoms with Gasteiger partial charge in [-0.3, -0.25) is 9.69 Å². The maximum absolute atomic E-state index is 13.2. The van der Waals surface area contributed by atoms with Gasteiger partial charge in [0.05, 0.1) is 30.5 Å². The van der Waals surface area contributed by atoms with Crippen molar-refractivity contribution in [3.05, 3.63) is 53.6 Å². The van der Waals surface area contributed by atoms with E-state index in [-0.39, 0.29) is 6.54 Å². The third-order valence-electron chi connectivity index (χ3n) is 5.30. The molecule has 8 heteroatoms. The molecule has 2 aromatic rings. The van der Waals surface area contributed by atoms with E-state index in [0.717, 1.165) is 5.69 Å². The normalized spacial score (nSPS) is 17.3. The molecular formula is C24H27N3O5.